The number of halogens is 1. The number of rotatable bonds is 14. The van der Waals surface area contributed by atoms with E-state index < -0.39 is 18.2 Å². The lowest BCUT2D eigenvalue weighted by Gasteiger charge is -2.23. The highest BCUT2D eigenvalue weighted by Crippen LogP contribution is 2.39. The quantitative estimate of drug-likeness (QED) is 0.197. The predicted octanol–water partition coefficient (Wildman–Crippen LogP) is 5.48. The Morgan fingerprint density at radius 1 is 1.26 bits per heavy atom. The molecule has 1 aliphatic carbocycles. The number of hydrogen-bond donors (Lipinski definition) is 3. The minimum absolute atomic E-state index is 0.0655. The summed E-state index contributed by atoms with van der Waals surface area (Å²) in [4.78, 5) is 10.6. The van der Waals surface area contributed by atoms with Crippen LogP contribution in [0.5, 0.6) is 5.75 Å². The molecule has 3 unspecified atom stereocenters. The maximum atomic E-state index is 10.6. The molecule has 5 nitrogen and oxygen atoms in total. The fourth-order valence-corrected chi connectivity index (χ4v) is 4.66. The van der Waals surface area contributed by atoms with Crippen LogP contribution in [0.2, 0.25) is 0 Å². The molecule has 0 aliphatic heterocycles. The molecular weight excluding hydrogens is 416 g/mol. The Morgan fingerprint density at radius 2 is 2.06 bits per heavy atom. The number of carbonyl (C=O) groups is 1. The van der Waals surface area contributed by atoms with Gasteiger partial charge in [0.05, 0.1) is 18.8 Å². The van der Waals surface area contributed by atoms with Gasteiger partial charge in [-0.3, -0.25) is 4.79 Å². The van der Waals surface area contributed by atoms with Gasteiger partial charge in [-0.05, 0) is 55.7 Å². The van der Waals surface area contributed by atoms with Crippen LogP contribution < -0.4 is 4.74 Å². The van der Waals surface area contributed by atoms with Gasteiger partial charge >= 0.3 is 5.97 Å². The van der Waals surface area contributed by atoms with E-state index in [1.54, 1.807) is 0 Å². The normalized spacial score (nSPS) is 24.5. The molecule has 0 radical (unpaired) electrons. The number of aliphatic hydroxyl groups excluding tert-OH is 2. The molecule has 1 saturated carbocycles. The summed E-state index contributed by atoms with van der Waals surface area (Å²) < 4.78 is 6.01. The van der Waals surface area contributed by atoms with E-state index in [1.807, 2.05) is 36.4 Å². The van der Waals surface area contributed by atoms with Gasteiger partial charge in [0.15, 0.2) is 0 Å². The van der Waals surface area contributed by atoms with Gasteiger partial charge in [0.2, 0.25) is 0 Å². The predicted molar refractivity (Wildman–Crippen MR) is 124 cm³/mol. The number of carboxylic acids is 1. The number of aliphatic carboxylic acids is 1. The van der Waals surface area contributed by atoms with Crippen LogP contribution >= 0.6 is 11.6 Å². The Labute approximate surface area is 191 Å². The maximum absolute atomic E-state index is 10.6. The molecule has 0 amide bonds. The van der Waals surface area contributed by atoms with Crippen LogP contribution in [0.3, 0.4) is 0 Å². The number of allylic oxidation sites excluding steroid dienone is 2. The highest BCUT2D eigenvalue weighted by atomic mass is 35.5. The first-order valence-electron chi connectivity index (χ1n) is 11.5. The van der Waals surface area contributed by atoms with Crippen molar-refractivity contribution in [2.75, 3.05) is 6.61 Å². The van der Waals surface area contributed by atoms with E-state index in [4.69, 9.17) is 21.4 Å². The van der Waals surface area contributed by atoms with Crippen LogP contribution in [0.15, 0.2) is 36.4 Å². The molecule has 2 rings (SSSR count). The Bertz CT molecular complexity index is 692. The average Bonchev–Trinajstić information content (AvgIpc) is 3.01. The lowest BCUT2D eigenvalue weighted by atomic mass is 9.92. The summed E-state index contributed by atoms with van der Waals surface area (Å²) in [7, 11) is 0. The van der Waals surface area contributed by atoms with Crippen molar-refractivity contribution in [3.05, 3.63) is 42.0 Å². The summed E-state index contributed by atoms with van der Waals surface area (Å²) in [6, 6.07) is 7.56. The standard InChI is InChI=1S/C25H37ClO5/c1-2-3-6-13-23(27)18-10-9-11-19(15-18)31-17-21-20(22(26)16-24(21)28)12-7-4-5-8-14-25(29)30/h4,7,9-11,15,20-24,27-28H,2-3,5-6,8,12-14,16-17H2,1H3,(H,29,30)/b7-4-/t20-,21?,22-,23?,24?/m1/s1. The van der Waals surface area contributed by atoms with Crippen LogP contribution in [-0.4, -0.2) is 39.4 Å². The van der Waals surface area contributed by atoms with Crippen LogP contribution in [0.4, 0.5) is 0 Å². The van der Waals surface area contributed by atoms with E-state index in [1.165, 1.54) is 0 Å². The molecule has 3 N–H and O–H groups in total. The minimum atomic E-state index is -0.775. The fourth-order valence-electron chi connectivity index (χ4n) is 4.19. The molecule has 0 spiro atoms. The molecule has 0 heterocycles. The highest BCUT2D eigenvalue weighted by Gasteiger charge is 2.41. The second-order valence-electron chi connectivity index (χ2n) is 8.53. The third kappa shape index (κ3) is 8.83. The molecule has 174 valence electrons. The zero-order chi connectivity index (χ0) is 22.6. The van der Waals surface area contributed by atoms with Crippen molar-refractivity contribution in [3.8, 4) is 5.75 Å². The zero-order valence-corrected chi connectivity index (χ0v) is 19.2. The van der Waals surface area contributed by atoms with Gasteiger partial charge in [0.25, 0.3) is 0 Å². The summed E-state index contributed by atoms with van der Waals surface area (Å²) in [6.45, 7) is 2.52. The average molecular weight is 453 g/mol. The van der Waals surface area contributed by atoms with Crippen molar-refractivity contribution in [3.63, 3.8) is 0 Å². The van der Waals surface area contributed by atoms with Crippen LogP contribution in [0.25, 0.3) is 0 Å². The lowest BCUT2D eigenvalue weighted by Crippen LogP contribution is -2.27. The number of ether oxygens (including phenoxy) is 1. The number of unbranched alkanes of at least 4 members (excludes halogenated alkanes) is 3. The van der Waals surface area contributed by atoms with E-state index in [2.05, 4.69) is 6.92 Å². The molecule has 5 atom stereocenters. The van der Waals surface area contributed by atoms with E-state index >= 15 is 0 Å². The summed E-state index contributed by atoms with van der Waals surface area (Å²) in [5, 5.41) is 29.5. The number of aliphatic hydroxyl groups is 2. The third-order valence-corrected chi connectivity index (χ3v) is 6.58. The molecule has 1 aromatic rings. The molecular formula is C25H37ClO5. The second kappa shape index (κ2) is 13.8. The monoisotopic (exact) mass is 452 g/mol. The summed E-state index contributed by atoms with van der Waals surface area (Å²) >= 11 is 6.50. The van der Waals surface area contributed by atoms with Crippen molar-refractivity contribution in [2.45, 2.75) is 82.3 Å². The van der Waals surface area contributed by atoms with E-state index in [-0.39, 0.29) is 23.6 Å². The van der Waals surface area contributed by atoms with Gasteiger partial charge < -0.3 is 20.1 Å². The summed E-state index contributed by atoms with van der Waals surface area (Å²) in [6.07, 6.45) is 9.83. The Morgan fingerprint density at radius 3 is 2.81 bits per heavy atom. The second-order valence-corrected chi connectivity index (χ2v) is 9.10. The Hall–Kier alpha value is -1.56. The molecule has 31 heavy (non-hydrogen) atoms. The summed E-state index contributed by atoms with van der Waals surface area (Å²) in [5.74, 6) is -0.0392. The first-order valence-corrected chi connectivity index (χ1v) is 12.0. The fraction of sp³-hybridized carbons (Fsp3) is 0.640. The summed E-state index contributed by atoms with van der Waals surface area (Å²) in [5.41, 5.74) is 0.858. The SMILES string of the molecule is CCCCCC(O)c1cccc(OCC2C(O)C[C@@H](Cl)[C@@H]2C/C=C\CCCC(=O)O)c1. The molecule has 0 aromatic heterocycles. The maximum Gasteiger partial charge on any atom is 0.303 e. The van der Waals surface area contributed by atoms with Crippen LogP contribution in [0, 0.1) is 11.8 Å². The van der Waals surface area contributed by atoms with Gasteiger partial charge in [0.1, 0.15) is 5.75 Å². The van der Waals surface area contributed by atoms with Gasteiger partial charge in [-0.1, -0.05) is 50.5 Å². The van der Waals surface area contributed by atoms with Gasteiger partial charge in [-0.25, -0.2) is 0 Å². The first-order chi connectivity index (χ1) is 14.9. The van der Waals surface area contributed by atoms with E-state index in [0.29, 0.717) is 25.2 Å². The number of alkyl halides is 1. The molecule has 1 aliphatic rings. The van der Waals surface area contributed by atoms with Crippen molar-refractivity contribution < 1.29 is 24.9 Å². The number of hydrogen-bond acceptors (Lipinski definition) is 4. The molecule has 1 aromatic carbocycles. The van der Waals surface area contributed by atoms with Gasteiger partial charge in [-0.15, -0.1) is 11.6 Å². The Kier molecular flexibility index (Phi) is 11.4. The lowest BCUT2D eigenvalue weighted by molar-refractivity contribution is -0.137. The number of benzene rings is 1. The number of carboxylic acid groups (broad SMARTS) is 1. The Balaban J connectivity index is 1.87. The smallest absolute Gasteiger partial charge is 0.303 e. The first kappa shape index (κ1) is 25.7. The topological polar surface area (TPSA) is 87.0 Å². The van der Waals surface area contributed by atoms with Crippen molar-refractivity contribution in [1.82, 2.24) is 0 Å². The minimum Gasteiger partial charge on any atom is -0.493 e. The van der Waals surface area contributed by atoms with Crippen molar-refractivity contribution in [2.24, 2.45) is 11.8 Å². The molecule has 6 heteroatoms. The van der Waals surface area contributed by atoms with Gasteiger partial charge in [-0.2, -0.15) is 0 Å². The van der Waals surface area contributed by atoms with Crippen LogP contribution in [-0.2, 0) is 4.79 Å². The zero-order valence-electron chi connectivity index (χ0n) is 18.5. The van der Waals surface area contributed by atoms with E-state index in [9.17, 15) is 15.0 Å². The largest absolute Gasteiger partial charge is 0.493 e. The third-order valence-electron chi connectivity index (χ3n) is 6.08. The van der Waals surface area contributed by atoms with Gasteiger partial charge in [0, 0.05) is 17.7 Å². The molecule has 0 bridgehead atoms. The van der Waals surface area contributed by atoms with Crippen molar-refractivity contribution >= 4 is 17.6 Å². The van der Waals surface area contributed by atoms with E-state index in [0.717, 1.165) is 44.1 Å². The highest BCUT2D eigenvalue weighted by molar-refractivity contribution is 6.21. The molecule has 1 fully saturated rings. The molecule has 0 saturated heterocycles. The van der Waals surface area contributed by atoms with Crippen molar-refractivity contribution in [1.29, 1.82) is 0 Å². The van der Waals surface area contributed by atoms with Crippen LogP contribution in [0.1, 0.15) is 76.4 Å².